The minimum atomic E-state index is -0.128. The Labute approximate surface area is 123 Å². The molecule has 1 heterocycles. The van der Waals surface area contributed by atoms with E-state index in [1.165, 1.54) is 17.3 Å². The third-order valence-electron chi connectivity index (χ3n) is 3.82. The molecule has 0 unspecified atom stereocenters. The average Bonchev–Trinajstić information content (AvgIpc) is 2.55. The van der Waals surface area contributed by atoms with Gasteiger partial charge in [0.15, 0.2) is 0 Å². The van der Waals surface area contributed by atoms with Gasteiger partial charge in [0, 0.05) is 12.2 Å². The number of hydrogen-bond donors (Lipinski definition) is 1. The molecule has 1 aliphatic carbocycles. The quantitative estimate of drug-likeness (QED) is 0.915. The Kier molecular flexibility index (Phi) is 3.65. The van der Waals surface area contributed by atoms with Gasteiger partial charge >= 0.3 is 0 Å². The molecule has 1 aromatic carbocycles. The second kappa shape index (κ2) is 5.76. The summed E-state index contributed by atoms with van der Waals surface area (Å²) in [7, 11) is 0. The van der Waals surface area contributed by atoms with E-state index in [1.54, 1.807) is 12.1 Å². The second-order valence-corrected chi connectivity index (χ2v) is 5.23. The van der Waals surface area contributed by atoms with E-state index in [0.717, 1.165) is 19.3 Å². The summed E-state index contributed by atoms with van der Waals surface area (Å²) in [6, 6.07) is 13.7. The summed E-state index contributed by atoms with van der Waals surface area (Å²) in [5, 5.41) is 11.8. The number of fused-ring (bicyclic) bond motifs is 1. The molecule has 2 aromatic rings. The van der Waals surface area contributed by atoms with E-state index in [2.05, 4.69) is 28.5 Å². The zero-order valence-corrected chi connectivity index (χ0v) is 11.5. The molecular weight excluding hydrogens is 262 g/mol. The van der Waals surface area contributed by atoms with Crippen LogP contribution in [0.4, 0.5) is 0 Å². The van der Waals surface area contributed by atoms with Gasteiger partial charge in [0.05, 0.1) is 5.56 Å². The number of nitriles is 1. The summed E-state index contributed by atoms with van der Waals surface area (Å²) in [5.41, 5.74) is 3.50. The number of nitrogens with zero attached hydrogens (tertiary/aromatic N) is 2. The summed E-state index contributed by atoms with van der Waals surface area (Å²) in [5.74, 6) is -0.128. The fourth-order valence-corrected chi connectivity index (χ4v) is 2.68. The molecule has 1 N–H and O–H groups in total. The Hall–Kier alpha value is -2.67. The predicted octanol–water partition coefficient (Wildman–Crippen LogP) is 2.24. The van der Waals surface area contributed by atoms with E-state index in [1.807, 2.05) is 12.1 Å². The number of aromatic nitrogens is 1. The third-order valence-corrected chi connectivity index (χ3v) is 3.82. The number of pyridine rings is 1. The zero-order valence-electron chi connectivity index (χ0n) is 11.5. The number of aryl methyl sites for hydroxylation is 1. The first-order valence-corrected chi connectivity index (χ1v) is 7.00. The fraction of sp³-hybridized carbons (Fsp3) is 0.235. The fourth-order valence-electron chi connectivity index (χ4n) is 2.68. The Morgan fingerprint density at radius 2 is 2.05 bits per heavy atom. The van der Waals surface area contributed by atoms with Gasteiger partial charge < -0.3 is 5.32 Å². The van der Waals surface area contributed by atoms with Crippen molar-refractivity contribution in [2.45, 2.75) is 25.3 Å². The van der Waals surface area contributed by atoms with Gasteiger partial charge in [0.2, 0.25) is 0 Å². The average molecular weight is 277 g/mol. The van der Waals surface area contributed by atoms with Crippen LogP contribution in [0, 0.1) is 11.3 Å². The highest BCUT2D eigenvalue weighted by molar-refractivity contribution is 5.94. The predicted molar refractivity (Wildman–Crippen MR) is 78.7 cm³/mol. The minimum absolute atomic E-state index is 0.128. The van der Waals surface area contributed by atoms with E-state index in [4.69, 9.17) is 5.26 Å². The largest absolute Gasteiger partial charge is 0.349 e. The molecule has 3 rings (SSSR count). The van der Waals surface area contributed by atoms with Crippen molar-refractivity contribution >= 4 is 5.91 Å². The topological polar surface area (TPSA) is 65.8 Å². The van der Waals surface area contributed by atoms with Gasteiger partial charge in [-0.25, -0.2) is 4.98 Å². The number of nitrogens with one attached hydrogen (secondary N) is 1. The first kappa shape index (κ1) is 13.3. The number of rotatable bonds is 2. The van der Waals surface area contributed by atoms with E-state index in [0.29, 0.717) is 11.3 Å². The summed E-state index contributed by atoms with van der Waals surface area (Å²) < 4.78 is 0. The Morgan fingerprint density at radius 3 is 2.76 bits per heavy atom. The standard InChI is InChI=1S/C17H15N3O/c18-10-16-8-6-14(11-19-16)17(21)20-15-7-5-12-3-1-2-4-13(12)9-15/h1-4,6,8,11,15H,5,7,9H2,(H,20,21)/t15-/m1/s1. The normalized spacial score (nSPS) is 16.6. The SMILES string of the molecule is N#Cc1ccc(C(=O)N[C@@H]2CCc3ccccc3C2)cn1. The lowest BCUT2D eigenvalue weighted by molar-refractivity contribution is 0.0933. The maximum atomic E-state index is 12.2. The van der Waals surface area contributed by atoms with Crippen LogP contribution in [0.1, 0.15) is 33.6 Å². The maximum absolute atomic E-state index is 12.2. The van der Waals surface area contributed by atoms with Gasteiger partial charge in [0.1, 0.15) is 11.8 Å². The molecule has 0 radical (unpaired) electrons. The third kappa shape index (κ3) is 2.92. The zero-order chi connectivity index (χ0) is 14.7. The highest BCUT2D eigenvalue weighted by Crippen LogP contribution is 2.21. The van der Waals surface area contributed by atoms with Crippen molar-refractivity contribution in [2.24, 2.45) is 0 Å². The van der Waals surface area contributed by atoms with Gasteiger partial charge in [-0.05, 0) is 42.5 Å². The van der Waals surface area contributed by atoms with Crippen LogP contribution in [0.25, 0.3) is 0 Å². The smallest absolute Gasteiger partial charge is 0.253 e. The molecule has 0 bridgehead atoms. The Balaban J connectivity index is 1.67. The summed E-state index contributed by atoms with van der Waals surface area (Å²) in [6.45, 7) is 0. The van der Waals surface area contributed by atoms with Gasteiger partial charge in [0.25, 0.3) is 5.91 Å². The highest BCUT2D eigenvalue weighted by Gasteiger charge is 2.20. The van der Waals surface area contributed by atoms with Crippen LogP contribution in [0.3, 0.4) is 0 Å². The summed E-state index contributed by atoms with van der Waals surface area (Å²) in [6.07, 6.45) is 4.26. The highest BCUT2D eigenvalue weighted by atomic mass is 16.1. The van der Waals surface area contributed by atoms with Crippen LogP contribution in [-0.4, -0.2) is 16.9 Å². The van der Waals surface area contributed by atoms with Crippen LogP contribution in [0.5, 0.6) is 0 Å². The molecule has 0 aliphatic heterocycles. The van der Waals surface area contributed by atoms with E-state index < -0.39 is 0 Å². The molecular formula is C17H15N3O. The molecule has 4 nitrogen and oxygen atoms in total. The van der Waals surface area contributed by atoms with Crippen molar-refractivity contribution in [3.05, 3.63) is 65.0 Å². The molecule has 1 atom stereocenters. The van der Waals surface area contributed by atoms with Gasteiger partial charge in [-0.3, -0.25) is 4.79 Å². The molecule has 0 saturated heterocycles. The number of carbonyl (C=O) groups excluding carboxylic acids is 1. The number of amides is 1. The molecule has 0 saturated carbocycles. The molecule has 21 heavy (non-hydrogen) atoms. The summed E-state index contributed by atoms with van der Waals surface area (Å²) in [4.78, 5) is 16.1. The monoisotopic (exact) mass is 277 g/mol. The second-order valence-electron chi connectivity index (χ2n) is 5.23. The number of benzene rings is 1. The molecule has 1 aromatic heterocycles. The van der Waals surface area contributed by atoms with Crippen LogP contribution in [0.2, 0.25) is 0 Å². The van der Waals surface area contributed by atoms with Crippen molar-refractivity contribution in [3.63, 3.8) is 0 Å². The van der Waals surface area contributed by atoms with Crippen LogP contribution >= 0.6 is 0 Å². The number of carbonyl (C=O) groups is 1. The maximum Gasteiger partial charge on any atom is 0.253 e. The molecule has 1 amide bonds. The lowest BCUT2D eigenvalue weighted by Gasteiger charge is -2.25. The first-order chi connectivity index (χ1) is 10.3. The Morgan fingerprint density at radius 1 is 1.24 bits per heavy atom. The van der Waals surface area contributed by atoms with Gasteiger partial charge in [-0.2, -0.15) is 5.26 Å². The lowest BCUT2D eigenvalue weighted by atomic mass is 9.88. The van der Waals surface area contributed by atoms with E-state index in [-0.39, 0.29) is 11.9 Å². The van der Waals surface area contributed by atoms with Gasteiger partial charge in [-0.15, -0.1) is 0 Å². The van der Waals surface area contributed by atoms with Crippen LogP contribution in [-0.2, 0) is 12.8 Å². The molecule has 1 aliphatic rings. The molecule has 4 heteroatoms. The molecule has 104 valence electrons. The van der Waals surface area contributed by atoms with E-state index >= 15 is 0 Å². The van der Waals surface area contributed by atoms with Crippen LogP contribution in [0.15, 0.2) is 42.6 Å². The minimum Gasteiger partial charge on any atom is -0.349 e. The van der Waals surface area contributed by atoms with E-state index in [9.17, 15) is 4.79 Å². The van der Waals surface area contributed by atoms with Crippen molar-refractivity contribution in [2.75, 3.05) is 0 Å². The van der Waals surface area contributed by atoms with Crippen molar-refractivity contribution in [3.8, 4) is 6.07 Å². The van der Waals surface area contributed by atoms with Crippen LogP contribution < -0.4 is 5.32 Å². The lowest BCUT2D eigenvalue weighted by Crippen LogP contribution is -2.38. The summed E-state index contributed by atoms with van der Waals surface area (Å²) >= 11 is 0. The Bertz CT molecular complexity index is 701. The molecule has 0 spiro atoms. The number of hydrogen-bond acceptors (Lipinski definition) is 3. The molecule has 0 fully saturated rings. The first-order valence-electron chi connectivity index (χ1n) is 7.00. The van der Waals surface area contributed by atoms with Gasteiger partial charge in [-0.1, -0.05) is 24.3 Å². The van der Waals surface area contributed by atoms with Crippen molar-refractivity contribution in [1.82, 2.24) is 10.3 Å². The van der Waals surface area contributed by atoms with Crippen molar-refractivity contribution < 1.29 is 4.79 Å². The van der Waals surface area contributed by atoms with Crippen molar-refractivity contribution in [1.29, 1.82) is 5.26 Å².